The summed E-state index contributed by atoms with van der Waals surface area (Å²) in [6, 6.07) is 16.0. The second-order valence-corrected chi connectivity index (χ2v) is 10.6. The summed E-state index contributed by atoms with van der Waals surface area (Å²) in [5, 5.41) is 29.4. The highest BCUT2D eigenvalue weighted by atomic mass is 35.5. The Balaban J connectivity index is 1.69. The van der Waals surface area contributed by atoms with E-state index in [1.165, 1.54) is 7.11 Å². The number of hydrogen-bond acceptors (Lipinski definition) is 8. The van der Waals surface area contributed by atoms with Gasteiger partial charge in [0, 0.05) is 40.6 Å². The third kappa shape index (κ3) is 7.42. The minimum atomic E-state index is -0.852. The topological polar surface area (TPSA) is 133 Å². The number of amides is 1. The fourth-order valence-corrected chi connectivity index (χ4v) is 4.72. The van der Waals surface area contributed by atoms with Gasteiger partial charge in [-0.1, -0.05) is 41.9 Å². The van der Waals surface area contributed by atoms with E-state index in [9.17, 15) is 20.0 Å². The third-order valence-electron chi connectivity index (χ3n) is 6.57. The van der Waals surface area contributed by atoms with Crippen molar-refractivity contribution in [1.82, 2.24) is 16.0 Å². The number of nitriles is 1. The van der Waals surface area contributed by atoms with Crippen molar-refractivity contribution in [2.24, 2.45) is 0 Å². The van der Waals surface area contributed by atoms with Crippen LogP contribution in [-0.4, -0.2) is 55.4 Å². The van der Waals surface area contributed by atoms with Crippen LogP contribution in [0.5, 0.6) is 5.75 Å². The number of allylic oxidation sites excluding steroid dienone is 2. The van der Waals surface area contributed by atoms with Gasteiger partial charge in [0.2, 0.25) is 5.91 Å². The summed E-state index contributed by atoms with van der Waals surface area (Å²) < 4.78 is 10.7. The second kappa shape index (κ2) is 13.5. The molecule has 0 aliphatic carbocycles. The number of hydrogen-bond donors (Lipinski definition) is 4. The number of β-amino-alcohol motifs (C(OH)–C–C–N with tert-alkyl or cyclic N) is 1. The zero-order valence-corrected chi connectivity index (χ0v) is 24.1. The standard InChI is InChI=1S/C30H35ClN4O5/c1-18-25(27(22-11-7-8-12-23(22)31)26(19(2)35-18)29(38)39-5)28(37)33-17-30(3,4)34-15-21(36)16-40-24-13-9-6-10-20(24)14-32/h6-13,21,27,34-36H,15-17H2,1-5H3,(H,33,37). The molecule has 1 heterocycles. The Morgan fingerprint density at radius 1 is 1.12 bits per heavy atom. The number of nitrogens with one attached hydrogen (secondary N) is 3. The van der Waals surface area contributed by atoms with E-state index in [1.807, 2.05) is 13.8 Å². The number of esters is 1. The summed E-state index contributed by atoms with van der Waals surface area (Å²) in [7, 11) is 1.30. The third-order valence-corrected chi connectivity index (χ3v) is 6.92. The van der Waals surface area contributed by atoms with Gasteiger partial charge in [-0.25, -0.2) is 4.79 Å². The molecule has 4 N–H and O–H groups in total. The molecule has 0 spiro atoms. The average molecular weight is 567 g/mol. The van der Waals surface area contributed by atoms with Gasteiger partial charge in [-0.3, -0.25) is 4.79 Å². The molecule has 0 saturated heterocycles. The zero-order chi connectivity index (χ0) is 29.4. The highest BCUT2D eigenvalue weighted by Crippen LogP contribution is 2.41. The number of rotatable bonds is 11. The van der Waals surface area contributed by atoms with E-state index in [0.29, 0.717) is 44.4 Å². The van der Waals surface area contributed by atoms with Crippen LogP contribution in [0.2, 0.25) is 5.02 Å². The first-order valence-electron chi connectivity index (χ1n) is 12.8. The molecule has 2 unspecified atom stereocenters. The molecule has 0 fully saturated rings. The van der Waals surface area contributed by atoms with Crippen molar-refractivity contribution in [2.45, 2.75) is 45.3 Å². The fourth-order valence-electron chi connectivity index (χ4n) is 4.48. The number of para-hydroxylation sites is 1. The Bertz CT molecular complexity index is 1360. The summed E-state index contributed by atoms with van der Waals surface area (Å²) in [5.74, 6) is -1.24. The molecule has 2 atom stereocenters. The van der Waals surface area contributed by atoms with Crippen molar-refractivity contribution in [2.75, 3.05) is 26.8 Å². The van der Waals surface area contributed by atoms with Crippen LogP contribution in [0.1, 0.15) is 44.7 Å². The van der Waals surface area contributed by atoms with Crippen LogP contribution in [0.4, 0.5) is 0 Å². The average Bonchev–Trinajstić information content (AvgIpc) is 2.93. The molecule has 9 nitrogen and oxygen atoms in total. The van der Waals surface area contributed by atoms with Crippen LogP contribution >= 0.6 is 11.6 Å². The number of aliphatic hydroxyl groups is 1. The van der Waals surface area contributed by atoms with Crippen LogP contribution < -0.4 is 20.7 Å². The van der Waals surface area contributed by atoms with Gasteiger partial charge in [0.15, 0.2) is 0 Å². The van der Waals surface area contributed by atoms with E-state index in [4.69, 9.17) is 21.1 Å². The molecule has 1 aliphatic heterocycles. The highest BCUT2D eigenvalue weighted by molar-refractivity contribution is 6.31. The summed E-state index contributed by atoms with van der Waals surface area (Å²) in [5.41, 5.74) is 2.26. The van der Waals surface area contributed by atoms with Crippen LogP contribution in [0.15, 0.2) is 71.1 Å². The number of halogens is 1. The molecule has 1 aliphatic rings. The minimum Gasteiger partial charge on any atom is -0.489 e. The van der Waals surface area contributed by atoms with Gasteiger partial charge >= 0.3 is 5.97 Å². The van der Waals surface area contributed by atoms with E-state index < -0.39 is 23.5 Å². The lowest BCUT2D eigenvalue weighted by molar-refractivity contribution is -0.136. The van der Waals surface area contributed by atoms with Crippen molar-refractivity contribution < 1.29 is 24.2 Å². The lowest BCUT2D eigenvalue weighted by Crippen LogP contribution is -2.52. The minimum absolute atomic E-state index is 0.00656. The molecule has 2 aromatic rings. The quantitative estimate of drug-likeness (QED) is 0.304. The number of nitrogens with zero attached hydrogens (tertiary/aromatic N) is 1. The molecule has 0 saturated carbocycles. The maximum atomic E-state index is 13.6. The van der Waals surface area contributed by atoms with Crippen LogP contribution in [0.25, 0.3) is 0 Å². The smallest absolute Gasteiger partial charge is 0.336 e. The van der Waals surface area contributed by atoms with Gasteiger partial charge in [0.25, 0.3) is 0 Å². The summed E-state index contributed by atoms with van der Waals surface area (Å²) >= 11 is 6.53. The number of carbonyl (C=O) groups is 2. The summed E-state index contributed by atoms with van der Waals surface area (Å²) in [6.07, 6.45) is -0.852. The SMILES string of the molecule is COC(=O)C1=C(C)NC(C)=C(C(=O)NCC(C)(C)NCC(O)COc2ccccc2C#N)C1c1ccccc1Cl. The molecule has 0 radical (unpaired) electrons. The monoisotopic (exact) mass is 566 g/mol. The maximum absolute atomic E-state index is 13.6. The number of ether oxygens (including phenoxy) is 2. The van der Waals surface area contributed by atoms with Crippen molar-refractivity contribution >= 4 is 23.5 Å². The van der Waals surface area contributed by atoms with E-state index in [-0.39, 0.29) is 25.6 Å². The first-order valence-corrected chi connectivity index (χ1v) is 13.2. The molecule has 40 heavy (non-hydrogen) atoms. The molecule has 0 aromatic heterocycles. The van der Waals surface area contributed by atoms with Gasteiger partial charge in [-0.15, -0.1) is 0 Å². The largest absolute Gasteiger partial charge is 0.489 e. The van der Waals surface area contributed by atoms with Crippen molar-refractivity contribution in [1.29, 1.82) is 5.26 Å². The Labute approximate surface area is 239 Å². The van der Waals surface area contributed by atoms with Crippen molar-refractivity contribution in [3.05, 3.63) is 87.2 Å². The number of methoxy groups -OCH3 is 1. The molecule has 10 heteroatoms. The zero-order valence-electron chi connectivity index (χ0n) is 23.3. The molecular weight excluding hydrogens is 532 g/mol. The second-order valence-electron chi connectivity index (χ2n) is 10.2. The van der Waals surface area contributed by atoms with Crippen LogP contribution in [0.3, 0.4) is 0 Å². The predicted molar refractivity (Wildman–Crippen MR) is 152 cm³/mol. The Morgan fingerprint density at radius 3 is 2.45 bits per heavy atom. The Morgan fingerprint density at radius 2 is 1.77 bits per heavy atom. The van der Waals surface area contributed by atoms with Gasteiger partial charge < -0.3 is 30.5 Å². The van der Waals surface area contributed by atoms with E-state index in [2.05, 4.69) is 22.0 Å². The van der Waals surface area contributed by atoms with Crippen LogP contribution in [-0.2, 0) is 14.3 Å². The molecule has 212 valence electrons. The van der Waals surface area contributed by atoms with Gasteiger partial charge in [-0.05, 0) is 51.5 Å². The normalized spacial score (nSPS) is 16.1. The Kier molecular flexibility index (Phi) is 10.3. The van der Waals surface area contributed by atoms with Gasteiger partial charge in [-0.2, -0.15) is 5.26 Å². The predicted octanol–water partition coefficient (Wildman–Crippen LogP) is 3.54. The number of aliphatic hydroxyl groups excluding tert-OH is 1. The van der Waals surface area contributed by atoms with Gasteiger partial charge in [0.1, 0.15) is 24.5 Å². The summed E-state index contributed by atoms with van der Waals surface area (Å²) in [6.45, 7) is 7.73. The molecular formula is C30H35ClN4O5. The van der Waals surface area contributed by atoms with E-state index in [0.717, 1.165) is 0 Å². The van der Waals surface area contributed by atoms with Crippen molar-refractivity contribution in [3.63, 3.8) is 0 Å². The molecule has 3 rings (SSSR count). The van der Waals surface area contributed by atoms with Crippen molar-refractivity contribution in [3.8, 4) is 11.8 Å². The molecule has 1 amide bonds. The van der Waals surface area contributed by atoms with E-state index >= 15 is 0 Å². The first kappa shape index (κ1) is 30.7. The Hall–Kier alpha value is -3.84. The number of benzene rings is 2. The lowest BCUT2D eigenvalue weighted by atomic mass is 9.80. The summed E-state index contributed by atoms with van der Waals surface area (Å²) in [4.78, 5) is 26.4. The highest BCUT2D eigenvalue weighted by Gasteiger charge is 2.38. The molecule has 2 aromatic carbocycles. The fraction of sp³-hybridized carbons (Fsp3) is 0.367. The maximum Gasteiger partial charge on any atom is 0.336 e. The lowest BCUT2D eigenvalue weighted by Gasteiger charge is -2.33. The number of carbonyl (C=O) groups excluding carboxylic acids is 2. The number of dihydropyridines is 1. The van der Waals surface area contributed by atoms with Gasteiger partial charge in [0.05, 0.1) is 24.2 Å². The first-order chi connectivity index (χ1) is 19.0. The van der Waals surface area contributed by atoms with E-state index in [1.54, 1.807) is 62.4 Å². The molecule has 0 bridgehead atoms. The van der Waals surface area contributed by atoms with Crippen LogP contribution in [0, 0.1) is 11.3 Å².